The summed E-state index contributed by atoms with van der Waals surface area (Å²) in [6.45, 7) is 1.15. The summed E-state index contributed by atoms with van der Waals surface area (Å²) < 4.78 is 0. The molecule has 2 aromatic heterocycles. The smallest absolute Gasteiger partial charge is 0.255 e. The number of nitrogens with one attached hydrogen (secondary N) is 1. The SMILES string of the molecule is O=C(NC1CCN(C(=O)c2cnc(Cl)c(Cl)c2)CC1)c1ccsc1. The second-order valence-electron chi connectivity index (χ2n) is 5.55. The molecule has 0 bridgehead atoms. The van der Waals surface area contributed by atoms with Crippen molar-refractivity contribution in [1.29, 1.82) is 0 Å². The maximum Gasteiger partial charge on any atom is 0.255 e. The van der Waals surface area contributed by atoms with Crippen molar-refractivity contribution in [2.75, 3.05) is 13.1 Å². The van der Waals surface area contributed by atoms with Crippen LogP contribution in [0.15, 0.2) is 29.1 Å². The molecule has 0 aliphatic carbocycles. The van der Waals surface area contributed by atoms with E-state index < -0.39 is 0 Å². The molecular weight excluding hydrogens is 369 g/mol. The Morgan fingerprint density at radius 1 is 1.25 bits per heavy atom. The molecule has 0 unspecified atom stereocenters. The third-order valence-electron chi connectivity index (χ3n) is 3.94. The van der Waals surface area contributed by atoms with Gasteiger partial charge >= 0.3 is 0 Å². The first-order valence-corrected chi connectivity index (χ1v) is 9.18. The zero-order valence-corrected chi connectivity index (χ0v) is 15.0. The molecule has 0 spiro atoms. The van der Waals surface area contributed by atoms with Crippen LogP contribution in [0, 0.1) is 0 Å². The number of pyridine rings is 1. The minimum absolute atomic E-state index is 0.0605. The number of amides is 2. The lowest BCUT2D eigenvalue weighted by molar-refractivity contribution is 0.0697. The van der Waals surface area contributed by atoms with Crippen molar-refractivity contribution < 1.29 is 9.59 Å². The topological polar surface area (TPSA) is 62.3 Å². The summed E-state index contributed by atoms with van der Waals surface area (Å²) in [6, 6.07) is 3.41. The van der Waals surface area contributed by atoms with Crippen molar-refractivity contribution in [1.82, 2.24) is 15.2 Å². The molecule has 1 N–H and O–H groups in total. The molecule has 3 heterocycles. The van der Waals surface area contributed by atoms with E-state index in [-0.39, 0.29) is 28.0 Å². The Bertz CT molecular complexity index is 744. The highest BCUT2D eigenvalue weighted by Gasteiger charge is 2.25. The molecule has 126 valence electrons. The number of hydrogen-bond acceptors (Lipinski definition) is 4. The molecule has 5 nitrogen and oxygen atoms in total. The van der Waals surface area contributed by atoms with Crippen molar-refractivity contribution in [2.24, 2.45) is 0 Å². The molecule has 24 heavy (non-hydrogen) atoms. The molecule has 8 heteroatoms. The average molecular weight is 384 g/mol. The fourth-order valence-corrected chi connectivity index (χ4v) is 3.52. The van der Waals surface area contributed by atoms with Gasteiger partial charge in [0, 0.05) is 36.3 Å². The summed E-state index contributed by atoms with van der Waals surface area (Å²) in [6.07, 6.45) is 2.87. The Morgan fingerprint density at radius 3 is 2.62 bits per heavy atom. The number of carbonyl (C=O) groups excluding carboxylic acids is 2. The van der Waals surface area contributed by atoms with Gasteiger partial charge in [-0.2, -0.15) is 11.3 Å². The second-order valence-corrected chi connectivity index (χ2v) is 7.09. The molecule has 0 radical (unpaired) electrons. The van der Waals surface area contributed by atoms with Gasteiger partial charge in [-0.15, -0.1) is 0 Å². The summed E-state index contributed by atoms with van der Waals surface area (Å²) in [5, 5.41) is 7.16. The van der Waals surface area contributed by atoms with Crippen LogP contribution in [0.5, 0.6) is 0 Å². The normalized spacial score (nSPS) is 15.3. The number of piperidine rings is 1. The Hall–Kier alpha value is -1.63. The maximum absolute atomic E-state index is 12.5. The van der Waals surface area contributed by atoms with Gasteiger partial charge in [-0.1, -0.05) is 23.2 Å². The zero-order valence-electron chi connectivity index (χ0n) is 12.7. The van der Waals surface area contributed by atoms with E-state index in [1.807, 2.05) is 10.8 Å². The van der Waals surface area contributed by atoms with Gasteiger partial charge in [-0.3, -0.25) is 9.59 Å². The first-order valence-electron chi connectivity index (χ1n) is 7.48. The lowest BCUT2D eigenvalue weighted by Gasteiger charge is -2.32. The molecule has 0 saturated carbocycles. The van der Waals surface area contributed by atoms with Gasteiger partial charge in [0.1, 0.15) is 5.15 Å². The Balaban J connectivity index is 1.55. The number of hydrogen-bond donors (Lipinski definition) is 1. The summed E-state index contributed by atoms with van der Waals surface area (Å²) in [7, 11) is 0. The van der Waals surface area contributed by atoms with Gasteiger partial charge in [-0.25, -0.2) is 4.98 Å². The predicted molar refractivity (Wildman–Crippen MR) is 95.0 cm³/mol. The molecule has 1 aliphatic heterocycles. The standard InChI is InChI=1S/C16H15Cl2N3O2S/c17-13-7-11(8-19-14(13)18)16(23)21-4-1-12(2-5-21)20-15(22)10-3-6-24-9-10/h3,6-9,12H,1-2,4-5H2,(H,20,22). The van der Waals surface area contributed by atoms with Crippen LogP contribution in [0.2, 0.25) is 10.2 Å². The molecule has 1 saturated heterocycles. The molecular formula is C16H15Cl2N3O2S. The number of rotatable bonds is 3. The fraction of sp³-hybridized carbons (Fsp3) is 0.312. The van der Waals surface area contributed by atoms with Crippen molar-refractivity contribution in [3.8, 4) is 0 Å². The van der Waals surface area contributed by atoms with Gasteiger partial charge in [0.25, 0.3) is 11.8 Å². The van der Waals surface area contributed by atoms with E-state index in [4.69, 9.17) is 23.2 Å². The van der Waals surface area contributed by atoms with Crippen LogP contribution in [0.4, 0.5) is 0 Å². The van der Waals surface area contributed by atoms with E-state index in [9.17, 15) is 9.59 Å². The predicted octanol–water partition coefficient (Wildman–Crippen LogP) is 3.48. The summed E-state index contributed by atoms with van der Waals surface area (Å²) in [4.78, 5) is 30.2. The first kappa shape index (κ1) is 17.2. The van der Waals surface area contributed by atoms with Crippen LogP contribution in [0.1, 0.15) is 33.6 Å². The van der Waals surface area contributed by atoms with Crippen molar-refractivity contribution >= 4 is 46.4 Å². The van der Waals surface area contributed by atoms with E-state index in [1.165, 1.54) is 23.6 Å². The number of halogens is 2. The minimum Gasteiger partial charge on any atom is -0.349 e. The monoisotopic (exact) mass is 383 g/mol. The lowest BCUT2D eigenvalue weighted by Crippen LogP contribution is -2.46. The third kappa shape index (κ3) is 3.88. The van der Waals surface area contributed by atoms with Crippen LogP contribution in [0.3, 0.4) is 0 Å². The fourth-order valence-electron chi connectivity index (χ4n) is 2.61. The quantitative estimate of drug-likeness (QED) is 0.825. The van der Waals surface area contributed by atoms with Gasteiger partial charge in [0.2, 0.25) is 0 Å². The van der Waals surface area contributed by atoms with Crippen molar-refractivity contribution in [3.63, 3.8) is 0 Å². The van der Waals surface area contributed by atoms with Gasteiger partial charge in [0.15, 0.2) is 0 Å². The molecule has 0 aromatic carbocycles. The van der Waals surface area contributed by atoms with Crippen LogP contribution in [-0.2, 0) is 0 Å². The van der Waals surface area contributed by atoms with Crippen LogP contribution >= 0.6 is 34.5 Å². The lowest BCUT2D eigenvalue weighted by atomic mass is 10.0. The van der Waals surface area contributed by atoms with Gasteiger partial charge in [0.05, 0.1) is 10.6 Å². The van der Waals surface area contributed by atoms with Crippen LogP contribution in [-0.4, -0.2) is 40.8 Å². The minimum atomic E-state index is -0.122. The number of thiophene rings is 1. The highest BCUT2D eigenvalue weighted by atomic mass is 35.5. The molecule has 2 aromatic rings. The van der Waals surface area contributed by atoms with E-state index in [2.05, 4.69) is 10.3 Å². The molecule has 1 fully saturated rings. The molecule has 1 aliphatic rings. The van der Waals surface area contributed by atoms with Crippen molar-refractivity contribution in [3.05, 3.63) is 50.4 Å². The Kier molecular flexibility index (Phi) is 5.38. The highest BCUT2D eigenvalue weighted by Crippen LogP contribution is 2.21. The Morgan fingerprint density at radius 2 is 2.00 bits per heavy atom. The Labute approximate surface area is 153 Å². The average Bonchev–Trinajstić information content (AvgIpc) is 3.12. The van der Waals surface area contributed by atoms with E-state index in [0.717, 1.165) is 12.8 Å². The van der Waals surface area contributed by atoms with Crippen LogP contribution < -0.4 is 5.32 Å². The molecule has 2 amide bonds. The molecule has 3 rings (SSSR count). The van der Waals surface area contributed by atoms with Gasteiger partial charge < -0.3 is 10.2 Å². The number of aromatic nitrogens is 1. The summed E-state index contributed by atoms with van der Waals surface area (Å²) in [5.74, 6) is -0.182. The maximum atomic E-state index is 12.5. The third-order valence-corrected chi connectivity index (χ3v) is 5.31. The largest absolute Gasteiger partial charge is 0.349 e. The van der Waals surface area contributed by atoms with E-state index in [1.54, 1.807) is 11.0 Å². The van der Waals surface area contributed by atoms with Gasteiger partial charge in [-0.05, 0) is 30.4 Å². The first-order chi connectivity index (χ1) is 11.5. The van der Waals surface area contributed by atoms with E-state index in [0.29, 0.717) is 24.2 Å². The van der Waals surface area contributed by atoms with Crippen LogP contribution in [0.25, 0.3) is 0 Å². The zero-order chi connectivity index (χ0) is 17.1. The number of likely N-dealkylation sites (tertiary alicyclic amines) is 1. The molecule has 0 atom stereocenters. The summed E-state index contributed by atoms with van der Waals surface area (Å²) in [5.41, 5.74) is 1.10. The highest BCUT2D eigenvalue weighted by molar-refractivity contribution is 7.08. The number of nitrogens with zero attached hydrogens (tertiary/aromatic N) is 2. The summed E-state index contributed by atoms with van der Waals surface area (Å²) >= 11 is 13.2. The van der Waals surface area contributed by atoms with E-state index >= 15 is 0 Å². The number of carbonyl (C=O) groups is 2. The second kappa shape index (κ2) is 7.51. The van der Waals surface area contributed by atoms with Crippen molar-refractivity contribution in [2.45, 2.75) is 18.9 Å².